The maximum absolute atomic E-state index is 13.7. The Kier molecular flexibility index (Phi) is 7.11. The number of amides is 1. The molecule has 0 aliphatic heterocycles. The van der Waals surface area contributed by atoms with Crippen molar-refractivity contribution in [3.8, 4) is 0 Å². The summed E-state index contributed by atoms with van der Waals surface area (Å²) in [4.78, 5) is 33.7. The van der Waals surface area contributed by atoms with E-state index < -0.39 is 0 Å². The van der Waals surface area contributed by atoms with Gasteiger partial charge in [-0.3, -0.25) is 14.2 Å². The van der Waals surface area contributed by atoms with Crippen LogP contribution < -0.4 is 10.9 Å². The van der Waals surface area contributed by atoms with Crippen LogP contribution in [0.15, 0.2) is 34.2 Å². The SMILES string of the molecule is CCC(C)c1ccc(NC(=O)CSc2nc3sc4c(c3c(=O)n2C2CCCC2)CCCC4)cc1. The van der Waals surface area contributed by atoms with E-state index >= 15 is 0 Å². The van der Waals surface area contributed by atoms with Crippen molar-refractivity contribution < 1.29 is 4.79 Å². The molecule has 5 nitrogen and oxygen atoms in total. The number of thioether (sulfide) groups is 1. The largest absolute Gasteiger partial charge is 0.325 e. The molecule has 1 amide bonds. The minimum atomic E-state index is -0.0703. The van der Waals surface area contributed by atoms with Gasteiger partial charge in [0.2, 0.25) is 5.91 Å². The van der Waals surface area contributed by atoms with Gasteiger partial charge in [0.15, 0.2) is 5.16 Å². The Hall–Kier alpha value is -2.12. The van der Waals surface area contributed by atoms with Crippen LogP contribution in [0.4, 0.5) is 5.69 Å². The summed E-state index contributed by atoms with van der Waals surface area (Å²) < 4.78 is 1.93. The first-order valence-electron chi connectivity index (χ1n) is 12.6. The van der Waals surface area contributed by atoms with Crippen molar-refractivity contribution in [1.82, 2.24) is 9.55 Å². The zero-order valence-electron chi connectivity index (χ0n) is 20.1. The molecule has 1 atom stereocenters. The molecule has 7 heteroatoms. The zero-order chi connectivity index (χ0) is 23.7. The van der Waals surface area contributed by atoms with Gasteiger partial charge in [-0.25, -0.2) is 4.98 Å². The highest BCUT2D eigenvalue weighted by atomic mass is 32.2. The summed E-state index contributed by atoms with van der Waals surface area (Å²) in [6.45, 7) is 4.39. The molecular formula is C27H33N3O2S2. The lowest BCUT2D eigenvalue weighted by molar-refractivity contribution is -0.113. The number of aryl methyl sites for hydroxylation is 2. The molecule has 0 radical (unpaired) electrons. The standard InChI is InChI=1S/C27H33N3O2S2/c1-3-17(2)18-12-14-19(15-13-18)28-23(31)16-33-27-29-25-24(21-10-6-7-11-22(21)34-25)26(32)30(27)20-8-4-5-9-20/h12-15,17,20H,3-11,16H2,1-2H3,(H,28,31). The predicted octanol–water partition coefficient (Wildman–Crippen LogP) is 6.70. The van der Waals surface area contributed by atoms with Crippen molar-refractivity contribution in [3.63, 3.8) is 0 Å². The van der Waals surface area contributed by atoms with Crippen LogP contribution in [0.1, 0.15) is 86.8 Å². The van der Waals surface area contributed by atoms with E-state index in [4.69, 9.17) is 4.98 Å². The molecule has 5 rings (SSSR count). The second-order valence-corrected chi connectivity index (χ2v) is 11.7. The summed E-state index contributed by atoms with van der Waals surface area (Å²) in [5.41, 5.74) is 3.44. The number of carbonyl (C=O) groups is 1. The fourth-order valence-electron chi connectivity index (χ4n) is 5.24. The van der Waals surface area contributed by atoms with Gasteiger partial charge in [-0.2, -0.15) is 0 Å². The number of hydrogen-bond acceptors (Lipinski definition) is 5. The van der Waals surface area contributed by atoms with Crippen LogP contribution in [0.3, 0.4) is 0 Å². The molecule has 34 heavy (non-hydrogen) atoms. The Balaban J connectivity index is 1.38. The third-order valence-electron chi connectivity index (χ3n) is 7.39. The first-order chi connectivity index (χ1) is 16.5. The molecule has 1 N–H and O–H groups in total. The Bertz CT molecular complexity index is 1240. The van der Waals surface area contributed by atoms with E-state index in [0.717, 1.165) is 67.3 Å². The van der Waals surface area contributed by atoms with Crippen molar-refractivity contribution in [3.05, 3.63) is 50.6 Å². The summed E-state index contributed by atoms with van der Waals surface area (Å²) >= 11 is 3.08. The fourth-order valence-corrected chi connectivity index (χ4v) is 7.41. The summed E-state index contributed by atoms with van der Waals surface area (Å²) in [6, 6.07) is 8.31. The van der Waals surface area contributed by atoms with Crippen molar-refractivity contribution in [1.29, 1.82) is 0 Å². The lowest BCUT2D eigenvalue weighted by Gasteiger charge is -2.18. The van der Waals surface area contributed by atoms with Gasteiger partial charge in [-0.1, -0.05) is 50.6 Å². The minimum Gasteiger partial charge on any atom is -0.325 e. The molecule has 2 heterocycles. The number of nitrogens with zero attached hydrogens (tertiary/aromatic N) is 2. The number of rotatable bonds is 7. The number of nitrogens with one attached hydrogen (secondary N) is 1. The molecule has 0 spiro atoms. The Labute approximate surface area is 209 Å². The van der Waals surface area contributed by atoms with Gasteiger partial charge in [0.05, 0.1) is 11.1 Å². The van der Waals surface area contributed by atoms with E-state index in [-0.39, 0.29) is 23.3 Å². The van der Waals surface area contributed by atoms with Crippen LogP contribution in [0.5, 0.6) is 0 Å². The number of anilines is 1. The van der Waals surface area contributed by atoms with Gasteiger partial charge in [-0.15, -0.1) is 11.3 Å². The molecule has 0 bridgehead atoms. The average Bonchev–Trinajstić information content (AvgIpc) is 3.50. The Morgan fingerprint density at radius 1 is 1.18 bits per heavy atom. The number of hydrogen-bond donors (Lipinski definition) is 1. The van der Waals surface area contributed by atoms with Gasteiger partial charge in [-0.05, 0) is 74.1 Å². The second kappa shape index (κ2) is 10.2. The minimum absolute atomic E-state index is 0.0703. The third-order valence-corrected chi connectivity index (χ3v) is 9.53. The van der Waals surface area contributed by atoms with Crippen LogP contribution in [0, 0.1) is 0 Å². The molecule has 3 aromatic rings. The third kappa shape index (κ3) is 4.69. The van der Waals surface area contributed by atoms with Gasteiger partial charge in [0.1, 0.15) is 4.83 Å². The van der Waals surface area contributed by atoms with Crippen molar-refractivity contribution in [2.75, 3.05) is 11.1 Å². The zero-order valence-corrected chi connectivity index (χ0v) is 21.7. The molecule has 2 aliphatic rings. The highest BCUT2D eigenvalue weighted by Gasteiger charge is 2.27. The molecule has 1 saturated carbocycles. The van der Waals surface area contributed by atoms with Crippen LogP contribution in [0.2, 0.25) is 0 Å². The highest BCUT2D eigenvalue weighted by molar-refractivity contribution is 7.99. The van der Waals surface area contributed by atoms with Gasteiger partial charge >= 0.3 is 0 Å². The molecule has 1 aromatic carbocycles. The van der Waals surface area contributed by atoms with E-state index in [1.165, 1.54) is 34.2 Å². The van der Waals surface area contributed by atoms with E-state index in [9.17, 15) is 9.59 Å². The van der Waals surface area contributed by atoms with Gasteiger partial charge in [0.25, 0.3) is 5.56 Å². The lowest BCUT2D eigenvalue weighted by Crippen LogP contribution is -2.27. The number of carbonyl (C=O) groups excluding carboxylic acids is 1. The molecule has 2 aromatic heterocycles. The molecule has 180 valence electrons. The van der Waals surface area contributed by atoms with Crippen molar-refractivity contribution >= 4 is 44.9 Å². The number of thiophene rings is 1. The van der Waals surface area contributed by atoms with Crippen molar-refractivity contribution in [2.24, 2.45) is 0 Å². The second-order valence-electron chi connectivity index (χ2n) is 9.67. The van der Waals surface area contributed by atoms with Crippen molar-refractivity contribution in [2.45, 2.75) is 88.8 Å². The average molecular weight is 496 g/mol. The lowest BCUT2D eigenvalue weighted by atomic mass is 9.97. The quantitative estimate of drug-likeness (QED) is 0.293. The van der Waals surface area contributed by atoms with Gasteiger partial charge in [0, 0.05) is 16.6 Å². The first kappa shape index (κ1) is 23.6. The summed E-state index contributed by atoms with van der Waals surface area (Å²) in [5.74, 6) is 0.679. The molecule has 1 unspecified atom stereocenters. The van der Waals surface area contributed by atoms with Gasteiger partial charge < -0.3 is 5.32 Å². The number of aromatic nitrogens is 2. The smallest absolute Gasteiger partial charge is 0.263 e. The Morgan fingerprint density at radius 2 is 1.91 bits per heavy atom. The van der Waals surface area contributed by atoms with E-state index in [2.05, 4.69) is 31.3 Å². The normalized spacial score (nSPS) is 17.1. The van der Waals surface area contributed by atoms with E-state index in [1.54, 1.807) is 11.3 Å². The molecular weight excluding hydrogens is 462 g/mol. The summed E-state index contributed by atoms with van der Waals surface area (Å²) in [6.07, 6.45) is 9.80. The maximum Gasteiger partial charge on any atom is 0.263 e. The van der Waals surface area contributed by atoms with Crippen LogP contribution in [-0.4, -0.2) is 21.2 Å². The first-order valence-corrected chi connectivity index (χ1v) is 14.4. The monoisotopic (exact) mass is 495 g/mol. The molecule has 1 fully saturated rings. The number of benzene rings is 1. The van der Waals surface area contributed by atoms with Crippen LogP contribution >= 0.6 is 23.1 Å². The van der Waals surface area contributed by atoms with E-state index in [1.807, 2.05) is 16.7 Å². The van der Waals surface area contributed by atoms with E-state index in [0.29, 0.717) is 11.1 Å². The number of fused-ring (bicyclic) bond motifs is 3. The molecule has 2 aliphatic carbocycles. The highest BCUT2D eigenvalue weighted by Crippen LogP contribution is 2.37. The van der Waals surface area contributed by atoms with Crippen LogP contribution in [0.25, 0.3) is 10.2 Å². The molecule has 0 saturated heterocycles. The predicted molar refractivity (Wildman–Crippen MR) is 143 cm³/mol. The Morgan fingerprint density at radius 3 is 2.65 bits per heavy atom. The maximum atomic E-state index is 13.7. The topological polar surface area (TPSA) is 64.0 Å². The fraction of sp³-hybridized carbons (Fsp3) is 0.519. The summed E-state index contributed by atoms with van der Waals surface area (Å²) in [7, 11) is 0. The van der Waals surface area contributed by atoms with Crippen LogP contribution in [-0.2, 0) is 17.6 Å². The summed E-state index contributed by atoms with van der Waals surface area (Å²) in [5, 5.41) is 4.55.